The van der Waals surface area contributed by atoms with Crippen molar-refractivity contribution in [2.45, 2.75) is 31.3 Å². The second-order valence-corrected chi connectivity index (χ2v) is 7.41. The number of rotatable bonds is 9. The number of piperazine rings is 1. The lowest BCUT2D eigenvalue weighted by atomic mass is 10.0. The summed E-state index contributed by atoms with van der Waals surface area (Å²) in [5, 5.41) is 0. The Morgan fingerprint density at radius 1 is 0.931 bits per heavy atom. The SMILES string of the molecule is COC(Cc1ccccc1)N1CCN(C(Cc2ccccc2)OC)C(C(N)=O)C1. The number of benzene rings is 2. The van der Waals surface area contributed by atoms with E-state index in [-0.39, 0.29) is 18.4 Å². The Labute approximate surface area is 173 Å². The van der Waals surface area contributed by atoms with Crippen molar-refractivity contribution < 1.29 is 14.3 Å². The third kappa shape index (κ3) is 5.64. The first-order chi connectivity index (χ1) is 14.1. The number of hydrogen-bond acceptors (Lipinski definition) is 5. The number of ether oxygens (including phenoxy) is 2. The molecule has 1 saturated heterocycles. The molecule has 0 aliphatic carbocycles. The molecule has 1 fully saturated rings. The van der Waals surface area contributed by atoms with Crippen LogP contribution in [-0.2, 0) is 27.1 Å². The standard InChI is InChI=1S/C23H31N3O3/c1-28-21(15-18-9-5-3-6-10-18)25-13-14-26(20(17-25)23(24)27)22(29-2)16-19-11-7-4-8-12-19/h3-12,20-22H,13-17H2,1-2H3,(H2,24,27). The summed E-state index contributed by atoms with van der Waals surface area (Å²) in [7, 11) is 3.40. The van der Waals surface area contributed by atoms with Crippen molar-refractivity contribution in [1.82, 2.24) is 9.80 Å². The first kappa shape index (κ1) is 21.5. The number of amides is 1. The van der Waals surface area contributed by atoms with Crippen LogP contribution < -0.4 is 5.73 Å². The summed E-state index contributed by atoms with van der Waals surface area (Å²) in [6.45, 7) is 1.99. The first-order valence-electron chi connectivity index (χ1n) is 10.0. The Balaban J connectivity index is 1.70. The molecule has 0 aromatic heterocycles. The maximum Gasteiger partial charge on any atom is 0.236 e. The van der Waals surface area contributed by atoms with Gasteiger partial charge in [-0.2, -0.15) is 0 Å². The normalized spacial score (nSPS) is 20.3. The van der Waals surface area contributed by atoms with Crippen molar-refractivity contribution in [3.05, 3.63) is 71.8 Å². The summed E-state index contributed by atoms with van der Waals surface area (Å²) < 4.78 is 11.5. The van der Waals surface area contributed by atoms with Gasteiger partial charge in [0.2, 0.25) is 5.91 Å². The molecule has 1 amide bonds. The van der Waals surface area contributed by atoms with Crippen molar-refractivity contribution in [1.29, 1.82) is 0 Å². The van der Waals surface area contributed by atoms with Crippen LogP contribution in [0.25, 0.3) is 0 Å². The van der Waals surface area contributed by atoms with Crippen LogP contribution in [0.5, 0.6) is 0 Å². The molecule has 1 aliphatic rings. The average Bonchev–Trinajstić information content (AvgIpc) is 2.77. The summed E-state index contributed by atoms with van der Waals surface area (Å²) in [5.41, 5.74) is 8.17. The van der Waals surface area contributed by atoms with E-state index in [4.69, 9.17) is 15.2 Å². The Bertz CT molecular complexity index is 756. The van der Waals surface area contributed by atoms with Gasteiger partial charge in [0.05, 0.1) is 0 Å². The van der Waals surface area contributed by atoms with Crippen LogP contribution in [0.4, 0.5) is 0 Å². The molecule has 3 unspecified atom stereocenters. The van der Waals surface area contributed by atoms with Gasteiger partial charge in [0, 0.05) is 46.7 Å². The highest BCUT2D eigenvalue weighted by atomic mass is 16.5. The first-order valence-corrected chi connectivity index (χ1v) is 10.0. The van der Waals surface area contributed by atoms with Crippen molar-refractivity contribution in [2.75, 3.05) is 33.9 Å². The highest BCUT2D eigenvalue weighted by Crippen LogP contribution is 2.20. The number of primary amides is 1. The van der Waals surface area contributed by atoms with Gasteiger partial charge in [-0.25, -0.2) is 0 Å². The van der Waals surface area contributed by atoms with Crippen LogP contribution in [0.2, 0.25) is 0 Å². The van der Waals surface area contributed by atoms with Gasteiger partial charge in [-0.15, -0.1) is 0 Å². The van der Waals surface area contributed by atoms with E-state index in [9.17, 15) is 4.79 Å². The predicted molar refractivity (Wildman–Crippen MR) is 113 cm³/mol. The zero-order valence-electron chi connectivity index (χ0n) is 17.2. The Morgan fingerprint density at radius 2 is 1.45 bits per heavy atom. The number of carbonyl (C=O) groups is 1. The summed E-state index contributed by atoms with van der Waals surface area (Å²) in [6.07, 6.45) is 1.17. The van der Waals surface area contributed by atoms with Crippen LogP contribution in [0.3, 0.4) is 0 Å². The van der Waals surface area contributed by atoms with E-state index in [0.29, 0.717) is 19.5 Å². The minimum absolute atomic E-state index is 0.100. The van der Waals surface area contributed by atoms with E-state index in [2.05, 4.69) is 34.1 Å². The number of hydrogen-bond donors (Lipinski definition) is 1. The Kier molecular flexibility index (Phi) is 7.77. The second kappa shape index (κ2) is 10.5. The van der Waals surface area contributed by atoms with Gasteiger partial charge in [0.25, 0.3) is 0 Å². The van der Waals surface area contributed by atoms with Crippen LogP contribution >= 0.6 is 0 Å². The van der Waals surface area contributed by atoms with Crippen LogP contribution in [-0.4, -0.2) is 68.1 Å². The summed E-state index contributed by atoms with van der Waals surface area (Å²) >= 11 is 0. The zero-order chi connectivity index (χ0) is 20.6. The van der Waals surface area contributed by atoms with E-state index in [0.717, 1.165) is 13.0 Å². The average molecular weight is 398 g/mol. The fourth-order valence-electron chi connectivity index (χ4n) is 4.01. The van der Waals surface area contributed by atoms with Crippen molar-refractivity contribution in [2.24, 2.45) is 5.73 Å². The topological polar surface area (TPSA) is 68.0 Å². The molecule has 0 saturated carbocycles. The number of carbonyl (C=O) groups excluding carboxylic acids is 1. The maximum absolute atomic E-state index is 12.3. The molecule has 0 radical (unpaired) electrons. The molecule has 2 aromatic rings. The van der Waals surface area contributed by atoms with Crippen molar-refractivity contribution >= 4 is 5.91 Å². The van der Waals surface area contributed by atoms with Crippen molar-refractivity contribution in [3.63, 3.8) is 0 Å². The Morgan fingerprint density at radius 3 is 1.93 bits per heavy atom. The highest BCUT2D eigenvalue weighted by molar-refractivity contribution is 5.80. The molecule has 0 bridgehead atoms. The molecule has 6 heteroatoms. The summed E-state index contributed by atoms with van der Waals surface area (Å²) in [5.74, 6) is -0.334. The second-order valence-electron chi connectivity index (χ2n) is 7.41. The monoisotopic (exact) mass is 397 g/mol. The summed E-state index contributed by atoms with van der Waals surface area (Å²) in [6, 6.07) is 20.0. The van der Waals surface area contributed by atoms with Gasteiger partial charge in [-0.1, -0.05) is 60.7 Å². The Hall–Kier alpha value is -2.25. The van der Waals surface area contributed by atoms with Crippen molar-refractivity contribution in [3.8, 4) is 0 Å². The molecular weight excluding hydrogens is 366 g/mol. The molecule has 0 spiro atoms. The van der Waals surface area contributed by atoms with Gasteiger partial charge in [-0.3, -0.25) is 14.6 Å². The molecule has 1 aliphatic heterocycles. The molecular formula is C23H31N3O3. The van der Waals surface area contributed by atoms with E-state index in [1.165, 1.54) is 11.1 Å². The summed E-state index contributed by atoms with van der Waals surface area (Å²) in [4.78, 5) is 16.6. The molecule has 1 heterocycles. The van der Waals surface area contributed by atoms with Crippen LogP contribution in [0.1, 0.15) is 11.1 Å². The number of methoxy groups -OCH3 is 2. The predicted octanol–water partition coefficient (Wildman–Crippen LogP) is 1.89. The lowest BCUT2D eigenvalue weighted by Crippen LogP contribution is -2.63. The molecule has 3 atom stereocenters. The van der Waals surface area contributed by atoms with Crippen LogP contribution in [0, 0.1) is 0 Å². The van der Waals surface area contributed by atoms with Gasteiger partial charge in [-0.05, 0) is 11.1 Å². The lowest BCUT2D eigenvalue weighted by molar-refractivity contribution is -0.144. The molecule has 2 N–H and O–H groups in total. The highest BCUT2D eigenvalue weighted by Gasteiger charge is 2.37. The lowest BCUT2D eigenvalue weighted by Gasteiger charge is -2.45. The molecule has 29 heavy (non-hydrogen) atoms. The maximum atomic E-state index is 12.3. The van der Waals surface area contributed by atoms with Gasteiger partial charge >= 0.3 is 0 Å². The molecule has 6 nitrogen and oxygen atoms in total. The number of nitrogens with two attached hydrogens (primary N) is 1. The molecule has 2 aromatic carbocycles. The number of nitrogens with zero attached hydrogens (tertiary/aromatic N) is 2. The smallest absolute Gasteiger partial charge is 0.236 e. The molecule has 3 rings (SSSR count). The quantitative estimate of drug-likeness (QED) is 0.700. The minimum Gasteiger partial charge on any atom is -0.368 e. The van der Waals surface area contributed by atoms with E-state index in [1.807, 2.05) is 36.4 Å². The molecule has 156 valence electrons. The fraction of sp³-hybridized carbons (Fsp3) is 0.435. The third-order valence-corrected chi connectivity index (χ3v) is 5.61. The van der Waals surface area contributed by atoms with Gasteiger partial charge < -0.3 is 15.2 Å². The van der Waals surface area contributed by atoms with E-state index < -0.39 is 6.04 Å². The minimum atomic E-state index is -0.425. The van der Waals surface area contributed by atoms with Gasteiger partial charge in [0.1, 0.15) is 18.5 Å². The van der Waals surface area contributed by atoms with E-state index in [1.54, 1.807) is 14.2 Å². The van der Waals surface area contributed by atoms with E-state index >= 15 is 0 Å². The van der Waals surface area contributed by atoms with Gasteiger partial charge in [0.15, 0.2) is 0 Å². The third-order valence-electron chi connectivity index (χ3n) is 5.61. The van der Waals surface area contributed by atoms with Crippen LogP contribution in [0.15, 0.2) is 60.7 Å². The largest absolute Gasteiger partial charge is 0.368 e. The fourth-order valence-corrected chi connectivity index (χ4v) is 4.01. The zero-order valence-corrected chi connectivity index (χ0v) is 17.2.